The molecule has 10 heteroatoms. The van der Waals surface area contributed by atoms with E-state index in [1.807, 2.05) is 56.0 Å². The molecule has 2 aromatic carbocycles. The molecule has 0 bridgehead atoms. The fourth-order valence-electron chi connectivity index (χ4n) is 4.88. The third-order valence-corrected chi connectivity index (χ3v) is 8.35. The maximum Gasteiger partial charge on any atom is 0.410 e. The molecule has 232 valence electrons. The smallest absolute Gasteiger partial charge is 0.410 e. The van der Waals surface area contributed by atoms with Gasteiger partial charge in [-0.05, 0) is 89.0 Å². The first-order chi connectivity index (χ1) is 19.9. The number of unbranched alkanes of at least 4 members (excludes halogenated alkanes) is 1. The number of carbonyl (C=O) groups excluding carboxylic acids is 2. The molecule has 1 atom stereocenters. The number of nitrogens with one attached hydrogen (secondary N) is 1. The number of nitrogens with zero attached hydrogens (tertiary/aromatic N) is 1. The van der Waals surface area contributed by atoms with Crippen LogP contribution in [0.1, 0.15) is 70.9 Å². The number of hydrogen-bond donors (Lipinski definition) is 1. The van der Waals surface area contributed by atoms with Crippen LogP contribution in [0, 0.1) is 5.92 Å². The molecule has 1 heterocycles. The van der Waals surface area contributed by atoms with E-state index in [0.717, 1.165) is 56.5 Å². The summed E-state index contributed by atoms with van der Waals surface area (Å²) in [4.78, 5) is 26.6. The normalized spacial score (nSPS) is 15.2. The van der Waals surface area contributed by atoms with Crippen LogP contribution in [0.5, 0.6) is 5.75 Å². The maximum atomic E-state index is 12.8. The van der Waals surface area contributed by atoms with E-state index in [2.05, 4.69) is 4.72 Å². The summed E-state index contributed by atoms with van der Waals surface area (Å²) in [5, 5.41) is 0. The highest BCUT2D eigenvalue weighted by Crippen LogP contribution is 2.24. The zero-order valence-electron chi connectivity index (χ0n) is 25.3. The summed E-state index contributed by atoms with van der Waals surface area (Å²) >= 11 is 0. The maximum absolute atomic E-state index is 12.8. The molecule has 1 aliphatic heterocycles. The van der Waals surface area contributed by atoms with Gasteiger partial charge in [-0.25, -0.2) is 17.9 Å². The van der Waals surface area contributed by atoms with E-state index in [9.17, 15) is 18.0 Å². The second-order valence-corrected chi connectivity index (χ2v) is 13.5. The molecule has 1 aliphatic rings. The van der Waals surface area contributed by atoms with Crippen LogP contribution in [0.4, 0.5) is 4.79 Å². The SMILES string of the molecule is CCOC(=O)C(Cc1ccc(OCCCCC2CCN(C(=O)OC(C)(C)C)CC2)cc1)NS(=O)(=O)Cc1ccccc1. The lowest BCUT2D eigenvalue weighted by molar-refractivity contribution is -0.145. The molecule has 1 amide bonds. The Morgan fingerprint density at radius 2 is 1.64 bits per heavy atom. The van der Waals surface area contributed by atoms with Gasteiger partial charge in [-0.1, -0.05) is 48.9 Å². The van der Waals surface area contributed by atoms with Crippen molar-refractivity contribution in [2.75, 3.05) is 26.3 Å². The molecule has 1 saturated heterocycles. The third-order valence-electron chi connectivity index (χ3n) is 7.00. The van der Waals surface area contributed by atoms with Gasteiger partial charge in [0.25, 0.3) is 0 Å². The molecule has 9 nitrogen and oxygen atoms in total. The largest absolute Gasteiger partial charge is 0.494 e. The first kappa shape index (κ1) is 33.4. The quantitative estimate of drug-likeness (QED) is 0.225. The van der Waals surface area contributed by atoms with E-state index in [4.69, 9.17) is 14.2 Å². The number of rotatable bonds is 14. The Bertz CT molecular complexity index is 1220. The molecular weight excluding hydrogens is 556 g/mol. The molecular formula is C32H46N2O7S. The van der Waals surface area contributed by atoms with Gasteiger partial charge >= 0.3 is 12.1 Å². The Kier molecular flexibility index (Phi) is 12.7. The number of hydrogen-bond acceptors (Lipinski definition) is 7. The number of ether oxygens (including phenoxy) is 3. The number of carbonyl (C=O) groups is 2. The van der Waals surface area contributed by atoms with Crippen LogP contribution in [0.25, 0.3) is 0 Å². The van der Waals surface area contributed by atoms with Crippen LogP contribution in [-0.4, -0.2) is 63.3 Å². The Morgan fingerprint density at radius 3 is 2.26 bits per heavy atom. The van der Waals surface area contributed by atoms with Gasteiger partial charge in [0.15, 0.2) is 0 Å². The first-order valence-electron chi connectivity index (χ1n) is 14.8. The zero-order chi connectivity index (χ0) is 30.6. The van der Waals surface area contributed by atoms with Gasteiger partial charge in [0.2, 0.25) is 10.0 Å². The molecule has 1 unspecified atom stereocenters. The van der Waals surface area contributed by atoms with Gasteiger partial charge in [0.05, 0.1) is 19.0 Å². The topological polar surface area (TPSA) is 111 Å². The number of piperidine rings is 1. The molecule has 1 N–H and O–H groups in total. The summed E-state index contributed by atoms with van der Waals surface area (Å²) in [6, 6.07) is 15.2. The van der Waals surface area contributed by atoms with E-state index >= 15 is 0 Å². The molecule has 0 saturated carbocycles. The van der Waals surface area contributed by atoms with Crippen molar-refractivity contribution in [1.29, 1.82) is 0 Å². The first-order valence-corrected chi connectivity index (χ1v) is 16.5. The average Bonchev–Trinajstić information content (AvgIpc) is 2.93. The standard InChI is InChI=1S/C32H46N2O7S/c1-5-39-30(35)29(33-42(37,38)24-27-12-7-6-8-13-27)23-26-14-16-28(17-15-26)40-22-10-9-11-25-18-20-34(21-19-25)31(36)41-32(2,3)4/h6-8,12-17,25,29,33H,5,9-11,18-24H2,1-4H3. The highest BCUT2D eigenvalue weighted by Gasteiger charge is 2.27. The zero-order valence-corrected chi connectivity index (χ0v) is 26.2. The molecule has 0 aromatic heterocycles. The highest BCUT2D eigenvalue weighted by molar-refractivity contribution is 7.88. The lowest BCUT2D eigenvalue weighted by Gasteiger charge is -2.33. The van der Waals surface area contributed by atoms with Crippen molar-refractivity contribution < 1.29 is 32.2 Å². The molecule has 0 aliphatic carbocycles. The predicted octanol–water partition coefficient (Wildman–Crippen LogP) is 5.48. The van der Waals surface area contributed by atoms with Gasteiger partial charge in [-0.15, -0.1) is 0 Å². The van der Waals surface area contributed by atoms with E-state index < -0.39 is 27.6 Å². The summed E-state index contributed by atoms with van der Waals surface area (Å²) in [6.07, 6.45) is 5.04. The van der Waals surface area contributed by atoms with Crippen LogP contribution in [-0.2, 0) is 36.5 Å². The minimum absolute atomic E-state index is 0.161. The van der Waals surface area contributed by atoms with E-state index in [0.29, 0.717) is 18.1 Å². The molecule has 0 spiro atoms. The Labute approximate surface area is 251 Å². The van der Waals surface area contributed by atoms with Crippen LogP contribution in [0.2, 0.25) is 0 Å². The van der Waals surface area contributed by atoms with Crippen LogP contribution in [0.3, 0.4) is 0 Å². The molecule has 1 fully saturated rings. The summed E-state index contributed by atoms with van der Waals surface area (Å²) < 4.78 is 44.6. The lowest BCUT2D eigenvalue weighted by atomic mass is 9.92. The number of amides is 1. The van der Waals surface area contributed by atoms with Gasteiger partial charge in [0.1, 0.15) is 17.4 Å². The number of esters is 1. The van der Waals surface area contributed by atoms with Crippen molar-refractivity contribution in [3.05, 3.63) is 65.7 Å². The van der Waals surface area contributed by atoms with E-state index in [1.54, 1.807) is 31.2 Å². The van der Waals surface area contributed by atoms with Crippen LogP contribution in [0.15, 0.2) is 54.6 Å². The third kappa shape index (κ3) is 12.0. The van der Waals surface area contributed by atoms with Gasteiger partial charge < -0.3 is 19.1 Å². The predicted molar refractivity (Wildman–Crippen MR) is 163 cm³/mol. The number of likely N-dealkylation sites (tertiary alicyclic amines) is 1. The van der Waals surface area contributed by atoms with Crippen LogP contribution < -0.4 is 9.46 Å². The number of benzene rings is 2. The van der Waals surface area contributed by atoms with E-state index in [1.165, 1.54) is 0 Å². The second-order valence-electron chi connectivity index (χ2n) is 11.8. The van der Waals surface area contributed by atoms with Gasteiger partial charge in [0, 0.05) is 13.1 Å². The number of sulfonamides is 1. The molecule has 0 radical (unpaired) electrons. The van der Waals surface area contributed by atoms with Crippen molar-refractivity contribution in [3.8, 4) is 5.75 Å². The van der Waals surface area contributed by atoms with Crippen molar-refractivity contribution in [1.82, 2.24) is 9.62 Å². The lowest BCUT2D eigenvalue weighted by Crippen LogP contribution is -2.43. The van der Waals surface area contributed by atoms with E-state index in [-0.39, 0.29) is 24.9 Å². The summed E-state index contributed by atoms with van der Waals surface area (Å²) in [5.74, 6) is 0.508. The monoisotopic (exact) mass is 602 g/mol. The van der Waals surface area contributed by atoms with Gasteiger partial charge in [-0.2, -0.15) is 0 Å². The fraction of sp³-hybridized carbons (Fsp3) is 0.562. The van der Waals surface area contributed by atoms with Crippen molar-refractivity contribution >= 4 is 22.1 Å². The van der Waals surface area contributed by atoms with Gasteiger partial charge in [-0.3, -0.25) is 4.79 Å². The second kappa shape index (κ2) is 15.9. The summed E-state index contributed by atoms with van der Waals surface area (Å²) in [6.45, 7) is 9.59. The minimum atomic E-state index is -3.76. The molecule has 42 heavy (non-hydrogen) atoms. The summed E-state index contributed by atoms with van der Waals surface area (Å²) in [5.41, 5.74) is 0.959. The average molecular weight is 603 g/mol. The molecule has 2 aromatic rings. The van der Waals surface area contributed by atoms with Crippen LogP contribution >= 0.6 is 0 Å². The molecule has 3 rings (SSSR count). The Morgan fingerprint density at radius 1 is 0.976 bits per heavy atom. The minimum Gasteiger partial charge on any atom is -0.494 e. The summed E-state index contributed by atoms with van der Waals surface area (Å²) in [7, 11) is -3.76. The van der Waals surface area contributed by atoms with Crippen molar-refractivity contribution in [2.45, 2.75) is 83.6 Å². The highest BCUT2D eigenvalue weighted by atomic mass is 32.2. The fourth-order valence-corrected chi connectivity index (χ4v) is 6.21. The van der Waals surface area contributed by atoms with Crippen molar-refractivity contribution in [2.24, 2.45) is 5.92 Å². The Hall–Kier alpha value is -3.11. The Balaban J connectivity index is 1.40. The van der Waals surface area contributed by atoms with Crippen molar-refractivity contribution in [3.63, 3.8) is 0 Å².